The summed E-state index contributed by atoms with van der Waals surface area (Å²) in [6.45, 7) is 6.54. The first-order valence-corrected chi connectivity index (χ1v) is 9.70. The van der Waals surface area contributed by atoms with E-state index in [9.17, 15) is 8.78 Å². The van der Waals surface area contributed by atoms with Gasteiger partial charge in [-0.15, -0.1) is 0 Å². The van der Waals surface area contributed by atoms with Crippen molar-refractivity contribution in [2.24, 2.45) is 5.92 Å². The Kier molecular flexibility index (Phi) is 6.26. The molecule has 1 aliphatic rings. The molecule has 1 saturated heterocycles. The molecule has 2 aromatic carbocycles. The number of halogens is 2. The average Bonchev–Trinajstić information content (AvgIpc) is 2.65. The maximum atomic E-state index is 13.3. The molecular formula is C21H25F2N3S. The van der Waals surface area contributed by atoms with E-state index in [0.29, 0.717) is 10.8 Å². The van der Waals surface area contributed by atoms with Gasteiger partial charge in [-0.05, 0) is 67.7 Å². The molecule has 0 bridgehead atoms. The highest BCUT2D eigenvalue weighted by Gasteiger charge is 2.16. The van der Waals surface area contributed by atoms with Gasteiger partial charge in [-0.25, -0.2) is 8.78 Å². The summed E-state index contributed by atoms with van der Waals surface area (Å²) in [5.74, 6) is -0.970. The highest BCUT2D eigenvalue weighted by molar-refractivity contribution is 7.80. The molecule has 0 amide bonds. The zero-order chi connectivity index (χ0) is 19.4. The maximum absolute atomic E-state index is 13.3. The topological polar surface area (TPSA) is 27.3 Å². The van der Waals surface area contributed by atoms with Gasteiger partial charge in [0.25, 0.3) is 0 Å². The average molecular weight is 390 g/mol. The number of nitrogens with zero attached hydrogens (tertiary/aromatic N) is 1. The van der Waals surface area contributed by atoms with E-state index >= 15 is 0 Å². The van der Waals surface area contributed by atoms with Crippen LogP contribution in [0.3, 0.4) is 0 Å². The summed E-state index contributed by atoms with van der Waals surface area (Å²) in [5.41, 5.74) is 2.77. The summed E-state index contributed by atoms with van der Waals surface area (Å²) >= 11 is 5.28. The minimum absolute atomic E-state index is 0.00859. The van der Waals surface area contributed by atoms with Gasteiger partial charge in [-0.1, -0.05) is 19.1 Å². The Morgan fingerprint density at radius 3 is 2.37 bits per heavy atom. The third-order valence-corrected chi connectivity index (χ3v) is 5.29. The first kappa shape index (κ1) is 19.5. The Labute approximate surface area is 164 Å². The third-order valence-electron chi connectivity index (χ3n) is 5.07. The minimum Gasteiger partial charge on any atom is -0.372 e. The van der Waals surface area contributed by atoms with Crippen molar-refractivity contribution in [1.29, 1.82) is 0 Å². The molecule has 0 aromatic heterocycles. The van der Waals surface area contributed by atoms with E-state index in [1.54, 1.807) is 0 Å². The van der Waals surface area contributed by atoms with Crippen molar-refractivity contribution >= 4 is 28.7 Å². The second kappa shape index (κ2) is 8.65. The Morgan fingerprint density at radius 1 is 1.07 bits per heavy atom. The predicted octanol–water partition coefficient (Wildman–Crippen LogP) is 5.25. The SMILES string of the molecule is CC1CCN(c2ccc([C@H](C)NC(=S)Nc3ccc(F)c(F)c3)cc2)CC1. The number of piperidine rings is 1. The van der Waals surface area contributed by atoms with Crippen LogP contribution < -0.4 is 15.5 Å². The Morgan fingerprint density at radius 2 is 1.74 bits per heavy atom. The molecule has 3 nitrogen and oxygen atoms in total. The van der Waals surface area contributed by atoms with E-state index < -0.39 is 11.6 Å². The van der Waals surface area contributed by atoms with Gasteiger partial charge in [0.2, 0.25) is 0 Å². The lowest BCUT2D eigenvalue weighted by Crippen LogP contribution is -2.33. The van der Waals surface area contributed by atoms with E-state index in [1.807, 2.05) is 6.92 Å². The van der Waals surface area contributed by atoms with E-state index in [2.05, 4.69) is 46.7 Å². The van der Waals surface area contributed by atoms with Gasteiger partial charge in [0.1, 0.15) is 0 Å². The van der Waals surface area contributed by atoms with Crippen molar-refractivity contribution < 1.29 is 8.78 Å². The van der Waals surface area contributed by atoms with Crippen molar-refractivity contribution in [2.75, 3.05) is 23.3 Å². The van der Waals surface area contributed by atoms with Crippen molar-refractivity contribution in [3.63, 3.8) is 0 Å². The molecule has 6 heteroatoms. The van der Waals surface area contributed by atoms with Crippen LogP contribution in [-0.4, -0.2) is 18.2 Å². The van der Waals surface area contributed by atoms with Gasteiger partial charge in [0, 0.05) is 30.5 Å². The normalized spacial score (nSPS) is 16.1. The van der Waals surface area contributed by atoms with Crippen LogP contribution in [0.25, 0.3) is 0 Å². The number of thiocarbonyl (C=S) groups is 1. The second-order valence-electron chi connectivity index (χ2n) is 7.21. The number of benzene rings is 2. The smallest absolute Gasteiger partial charge is 0.171 e. The fraction of sp³-hybridized carbons (Fsp3) is 0.381. The minimum atomic E-state index is -0.904. The van der Waals surface area contributed by atoms with Crippen LogP contribution in [0.15, 0.2) is 42.5 Å². The molecule has 144 valence electrons. The second-order valence-corrected chi connectivity index (χ2v) is 7.62. The predicted molar refractivity (Wildman–Crippen MR) is 111 cm³/mol. The molecule has 3 rings (SSSR count). The fourth-order valence-corrected chi connectivity index (χ4v) is 3.56. The first-order valence-electron chi connectivity index (χ1n) is 9.30. The van der Waals surface area contributed by atoms with Gasteiger partial charge in [0.05, 0.1) is 6.04 Å². The van der Waals surface area contributed by atoms with E-state index in [4.69, 9.17) is 12.2 Å². The van der Waals surface area contributed by atoms with Gasteiger partial charge in [-0.3, -0.25) is 0 Å². The van der Waals surface area contributed by atoms with Crippen LogP contribution in [0.4, 0.5) is 20.2 Å². The van der Waals surface area contributed by atoms with E-state index in [0.717, 1.165) is 36.7 Å². The van der Waals surface area contributed by atoms with Crippen LogP contribution in [0, 0.1) is 17.6 Å². The summed E-state index contributed by atoms with van der Waals surface area (Å²) in [5, 5.41) is 6.42. The third kappa shape index (κ3) is 5.16. The molecule has 27 heavy (non-hydrogen) atoms. The summed E-state index contributed by atoms with van der Waals surface area (Å²) in [4.78, 5) is 2.43. The van der Waals surface area contributed by atoms with Crippen molar-refractivity contribution in [3.05, 3.63) is 59.7 Å². The lowest BCUT2D eigenvalue weighted by Gasteiger charge is -2.32. The molecule has 0 saturated carbocycles. The van der Waals surface area contributed by atoms with Gasteiger partial charge < -0.3 is 15.5 Å². The number of hydrogen-bond donors (Lipinski definition) is 2. The van der Waals surface area contributed by atoms with E-state index in [1.165, 1.54) is 24.6 Å². The largest absolute Gasteiger partial charge is 0.372 e. The highest BCUT2D eigenvalue weighted by atomic mass is 32.1. The molecule has 2 N–H and O–H groups in total. The molecule has 1 heterocycles. The van der Waals surface area contributed by atoms with Crippen LogP contribution in [0.5, 0.6) is 0 Å². The molecule has 1 fully saturated rings. The highest BCUT2D eigenvalue weighted by Crippen LogP contribution is 2.24. The zero-order valence-corrected chi connectivity index (χ0v) is 16.5. The summed E-state index contributed by atoms with van der Waals surface area (Å²) in [7, 11) is 0. The molecule has 0 radical (unpaired) electrons. The molecule has 0 spiro atoms. The summed E-state index contributed by atoms with van der Waals surface area (Å²) in [6.07, 6.45) is 2.48. The molecule has 0 unspecified atom stereocenters. The number of nitrogens with one attached hydrogen (secondary N) is 2. The van der Waals surface area contributed by atoms with E-state index in [-0.39, 0.29) is 6.04 Å². The molecule has 0 aliphatic carbocycles. The molecule has 2 aromatic rings. The van der Waals surface area contributed by atoms with Gasteiger partial charge >= 0.3 is 0 Å². The van der Waals surface area contributed by atoms with Crippen molar-refractivity contribution in [1.82, 2.24) is 5.32 Å². The van der Waals surface area contributed by atoms with Gasteiger partial charge in [0.15, 0.2) is 16.7 Å². The first-order chi connectivity index (χ1) is 12.9. The maximum Gasteiger partial charge on any atom is 0.171 e. The quantitative estimate of drug-likeness (QED) is 0.699. The lowest BCUT2D eigenvalue weighted by atomic mass is 9.98. The zero-order valence-electron chi connectivity index (χ0n) is 15.6. The standard InChI is InChI=1S/C21H25F2N3S/c1-14-9-11-26(12-10-14)18-6-3-16(4-7-18)15(2)24-21(27)25-17-5-8-19(22)20(23)13-17/h3-8,13-15H,9-12H2,1-2H3,(H2,24,25,27)/t15-/m0/s1. The Bertz CT molecular complexity index is 787. The van der Waals surface area contributed by atoms with Crippen LogP contribution in [-0.2, 0) is 0 Å². The van der Waals surface area contributed by atoms with Crippen LogP contribution in [0.1, 0.15) is 38.3 Å². The molecule has 1 aliphatic heterocycles. The number of rotatable bonds is 4. The fourth-order valence-electron chi connectivity index (χ4n) is 3.26. The number of hydrogen-bond acceptors (Lipinski definition) is 2. The van der Waals surface area contributed by atoms with Crippen molar-refractivity contribution in [3.8, 4) is 0 Å². The lowest BCUT2D eigenvalue weighted by molar-refractivity contribution is 0.438. The summed E-state index contributed by atoms with van der Waals surface area (Å²) in [6, 6.07) is 12.1. The molecular weight excluding hydrogens is 364 g/mol. The Balaban J connectivity index is 1.56. The van der Waals surface area contributed by atoms with Crippen LogP contribution in [0.2, 0.25) is 0 Å². The monoisotopic (exact) mass is 389 g/mol. The molecule has 1 atom stereocenters. The van der Waals surface area contributed by atoms with Crippen LogP contribution >= 0.6 is 12.2 Å². The number of anilines is 2. The van der Waals surface area contributed by atoms with Crippen molar-refractivity contribution in [2.45, 2.75) is 32.7 Å². The van der Waals surface area contributed by atoms with Gasteiger partial charge in [-0.2, -0.15) is 0 Å². The summed E-state index contributed by atoms with van der Waals surface area (Å²) < 4.78 is 26.3. The Hall–Kier alpha value is -2.21.